The first-order chi connectivity index (χ1) is 8.99. The number of nitrogens with one attached hydrogen (secondary N) is 2. The molecule has 19 heavy (non-hydrogen) atoms. The van der Waals surface area contributed by atoms with Gasteiger partial charge in [0.05, 0.1) is 0 Å². The van der Waals surface area contributed by atoms with Gasteiger partial charge in [-0.1, -0.05) is 6.07 Å². The molecule has 4 nitrogen and oxygen atoms in total. The summed E-state index contributed by atoms with van der Waals surface area (Å²) in [6.07, 6.45) is 1.80. The Morgan fingerprint density at radius 2 is 2.16 bits per heavy atom. The molecule has 0 saturated carbocycles. The number of hydrogen-bond donors (Lipinski definition) is 3. The van der Waals surface area contributed by atoms with E-state index >= 15 is 0 Å². The fourth-order valence-corrected chi connectivity index (χ4v) is 2.50. The Labute approximate surface area is 112 Å². The standard InChI is InChI=1S/C14H19FN2O2/c1-8-6-7-11(9(2)16-8)17-14(19)13-10(15)4-3-5-12(13)18/h3-5,8-9,11,16,18H,6-7H2,1-2H3,(H,17,19). The second kappa shape index (κ2) is 5.57. The summed E-state index contributed by atoms with van der Waals surface area (Å²) in [5.74, 6) is -1.60. The van der Waals surface area contributed by atoms with Crippen molar-refractivity contribution in [2.75, 3.05) is 0 Å². The third-order valence-corrected chi connectivity index (χ3v) is 3.60. The highest BCUT2D eigenvalue weighted by Gasteiger charge is 2.27. The number of aromatic hydroxyl groups is 1. The van der Waals surface area contributed by atoms with E-state index in [1.807, 2.05) is 6.92 Å². The normalized spacial score (nSPS) is 27.0. The van der Waals surface area contributed by atoms with Crippen molar-refractivity contribution in [3.05, 3.63) is 29.6 Å². The third-order valence-electron chi connectivity index (χ3n) is 3.60. The Balaban J connectivity index is 2.09. The molecular formula is C14H19FN2O2. The van der Waals surface area contributed by atoms with Crippen molar-refractivity contribution in [2.45, 2.75) is 44.8 Å². The molecule has 1 amide bonds. The zero-order chi connectivity index (χ0) is 14.0. The number of benzene rings is 1. The molecule has 1 heterocycles. The highest BCUT2D eigenvalue weighted by atomic mass is 19.1. The first-order valence-electron chi connectivity index (χ1n) is 6.53. The second-order valence-electron chi connectivity index (χ2n) is 5.15. The highest BCUT2D eigenvalue weighted by Crippen LogP contribution is 2.21. The number of hydrogen-bond acceptors (Lipinski definition) is 3. The van der Waals surface area contributed by atoms with Crippen molar-refractivity contribution in [1.82, 2.24) is 10.6 Å². The number of carbonyl (C=O) groups is 1. The van der Waals surface area contributed by atoms with E-state index in [1.54, 1.807) is 0 Å². The van der Waals surface area contributed by atoms with E-state index in [1.165, 1.54) is 18.2 Å². The predicted molar refractivity (Wildman–Crippen MR) is 70.6 cm³/mol. The number of carbonyl (C=O) groups excluding carboxylic acids is 1. The lowest BCUT2D eigenvalue weighted by Gasteiger charge is -2.34. The van der Waals surface area contributed by atoms with Crippen molar-refractivity contribution in [3.8, 4) is 5.75 Å². The zero-order valence-corrected chi connectivity index (χ0v) is 11.1. The average Bonchev–Trinajstić information content (AvgIpc) is 2.32. The van der Waals surface area contributed by atoms with E-state index in [9.17, 15) is 14.3 Å². The van der Waals surface area contributed by atoms with E-state index in [4.69, 9.17) is 0 Å². The van der Waals surface area contributed by atoms with Gasteiger partial charge in [-0.25, -0.2) is 4.39 Å². The summed E-state index contributed by atoms with van der Waals surface area (Å²) in [6, 6.07) is 4.34. The van der Waals surface area contributed by atoms with Gasteiger partial charge in [0, 0.05) is 18.1 Å². The van der Waals surface area contributed by atoms with Gasteiger partial charge in [0.1, 0.15) is 17.1 Å². The third kappa shape index (κ3) is 3.04. The summed E-state index contributed by atoms with van der Waals surface area (Å²) in [4.78, 5) is 12.0. The molecule has 3 atom stereocenters. The number of amides is 1. The van der Waals surface area contributed by atoms with E-state index in [-0.39, 0.29) is 23.4 Å². The number of phenolic OH excluding ortho intramolecular Hbond substituents is 1. The van der Waals surface area contributed by atoms with E-state index < -0.39 is 11.7 Å². The van der Waals surface area contributed by atoms with Crippen molar-refractivity contribution in [3.63, 3.8) is 0 Å². The molecule has 1 fully saturated rings. The van der Waals surface area contributed by atoms with Crippen molar-refractivity contribution >= 4 is 5.91 Å². The molecule has 1 aromatic carbocycles. The molecule has 0 spiro atoms. The number of phenols is 1. The van der Waals surface area contributed by atoms with E-state index in [0.717, 1.165) is 12.8 Å². The van der Waals surface area contributed by atoms with Crippen LogP contribution in [-0.2, 0) is 0 Å². The van der Waals surface area contributed by atoms with E-state index in [0.29, 0.717) is 6.04 Å². The van der Waals surface area contributed by atoms with Gasteiger partial charge in [0.15, 0.2) is 0 Å². The minimum atomic E-state index is -0.706. The van der Waals surface area contributed by atoms with Crippen LogP contribution in [0.1, 0.15) is 37.0 Å². The Hall–Kier alpha value is -1.62. The second-order valence-corrected chi connectivity index (χ2v) is 5.15. The summed E-state index contributed by atoms with van der Waals surface area (Å²) in [5, 5.41) is 15.7. The molecule has 0 radical (unpaired) electrons. The van der Waals surface area contributed by atoms with Crippen LogP contribution in [0.25, 0.3) is 0 Å². The molecular weight excluding hydrogens is 247 g/mol. The Bertz CT molecular complexity index is 458. The summed E-state index contributed by atoms with van der Waals surface area (Å²) >= 11 is 0. The molecule has 1 aliphatic heterocycles. The summed E-state index contributed by atoms with van der Waals surface area (Å²) in [5.41, 5.74) is -0.284. The molecule has 2 rings (SSSR count). The molecule has 104 valence electrons. The number of rotatable bonds is 2. The van der Waals surface area contributed by atoms with Gasteiger partial charge < -0.3 is 15.7 Å². The Kier molecular flexibility index (Phi) is 4.04. The Morgan fingerprint density at radius 1 is 1.42 bits per heavy atom. The van der Waals surface area contributed by atoms with Crippen LogP contribution in [-0.4, -0.2) is 29.1 Å². The molecule has 3 N–H and O–H groups in total. The molecule has 0 aliphatic carbocycles. The smallest absolute Gasteiger partial charge is 0.258 e. The lowest BCUT2D eigenvalue weighted by molar-refractivity contribution is 0.0907. The summed E-state index contributed by atoms with van der Waals surface area (Å²) in [7, 11) is 0. The maximum atomic E-state index is 13.6. The quantitative estimate of drug-likeness (QED) is 0.765. The number of piperidine rings is 1. The fourth-order valence-electron chi connectivity index (χ4n) is 2.50. The van der Waals surface area contributed by atoms with Crippen LogP contribution in [0.3, 0.4) is 0 Å². The molecule has 5 heteroatoms. The minimum absolute atomic E-state index is 0.0530. The van der Waals surface area contributed by atoms with E-state index in [2.05, 4.69) is 17.6 Å². The predicted octanol–water partition coefficient (Wildman–Crippen LogP) is 1.79. The molecule has 0 bridgehead atoms. The lowest BCUT2D eigenvalue weighted by Crippen LogP contribution is -2.54. The van der Waals surface area contributed by atoms with Crippen LogP contribution in [0.2, 0.25) is 0 Å². The van der Waals surface area contributed by atoms with Gasteiger partial charge in [0.25, 0.3) is 5.91 Å². The lowest BCUT2D eigenvalue weighted by atomic mass is 9.95. The van der Waals surface area contributed by atoms with Crippen LogP contribution in [0, 0.1) is 5.82 Å². The SMILES string of the molecule is CC1CCC(NC(=O)c2c(O)cccc2F)C(C)N1. The molecule has 0 aromatic heterocycles. The van der Waals surface area contributed by atoms with Gasteiger partial charge >= 0.3 is 0 Å². The van der Waals surface area contributed by atoms with Crippen LogP contribution < -0.4 is 10.6 Å². The first-order valence-corrected chi connectivity index (χ1v) is 6.53. The highest BCUT2D eigenvalue weighted by molar-refractivity contribution is 5.97. The van der Waals surface area contributed by atoms with Crippen molar-refractivity contribution in [2.24, 2.45) is 0 Å². The number of halogens is 1. The minimum Gasteiger partial charge on any atom is -0.507 e. The average molecular weight is 266 g/mol. The molecule has 3 unspecified atom stereocenters. The summed E-state index contributed by atoms with van der Waals surface area (Å²) in [6.45, 7) is 4.08. The maximum Gasteiger partial charge on any atom is 0.258 e. The zero-order valence-electron chi connectivity index (χ0n) is 11.1. The van der Waals surface area contributed by atoms with Crippen LogP contribution in [0.4, 0.5) is 4.39 Å². The fraction of sp³-hybridized carbons (Fsp3) is 0.500. The first kappa shape index (κ1) is 13.8. The van der Waals surface area contributed by atoms with Gasteiger partial charge in [0.2, 0.25) is 0 Å². The monoisotopic (exact) mass is 266 g/mol. The van der Waals surface area contributed by atoms with Crippen molar-refractivity contribution in [1.29, 1.82) is 0 Å². The van der Waals surface area contributed by atoms with Crippen LogP contribution in [0.15, 0.2) is 18.2 Å². The largest absolute Gasteiger partial charge is 0.507 e. The van der Waals surface area contributed by atoms with Crippen molar-refractivity contribution < 1.29 is 14.3 Å². The Morgan fingerprint density at radius 3 is 2.79 bits per heavy atom. The van der Waals surface area contributed by atoms with Crippen LogP contribution >= 0.6 is 0 Å². The van der Waals surface area contributed by atoms with Gasteiger partial charge in [-0.3, -0.25) is 4.79 Å². The summed E-state index contributed by atoms with van der Waals surface area (Å²) < 4.78 is 13.6. The maximum absolute atomic E-state index is 13.6. The van der Waals surface area contributed by atoms with Gasteiger partial charge in [-0.05, 0) is 38.8 Å². The van der Waals surface area contributed by atoms with Gasteiger partial charge in [-0.2, -0.15) is 0 Å². The molecule has 1 aromatic rings. The molecule has 1 aliphatic rings. The topological polar surface area (TPSA) is 61.4 Å². The molecule has 1 saturated heterocycles. The van der Waals surface area contributed by atoms with Gasteiger partial charge in [-0.15, -0.1) is 0 Å². The van der Waals surface area contributed by atoms with Crippen LogP contribution in [0.5, 0.6) is 5.75 Å².